The van der Waals surface area contributed by atoms with Gasteiger partial charge in [-0.2, -0.15) is 0 Å². The summed E-state index contributed by atoms with van der Waals surface area (Å²) in [6.07, 6.45) is 9.30. The number of anilines is 1. The minimum absolute atomic E-state index is 0.0165. The highest BCUT2D eigenvalue weighted by Gasteiger charge is 2.45. The van der Waals surface area contributed by atoms with E-state index in [9.17, 15) is 4.79 Å². The predicted molar refractivity (Wildman–Crippen MR) is 98.5 cm³/mol. The van der Waals surface area contributed by atoms with Crippen molar-refractivity contribution in [3.63, 3.8) is 0 Å². The van der Waals surface area contributed by atoms with E-state index in [1.165, 1.54) is 0 Å². The zero-order valence-electron chi connectivity index (χ0n) is 15.6. The van der Waals surface area contributed by atoms with Gasteiger partial charge in [0.15, 0.2) is 0 Å². The van der Waals surface area contributed by atoms with Gasteiger partial charge in [-0.15, -0.1) is 0 Å². The van der Waals surface area contributed by atoms with Crippen molar-refractivity contribution in [2.24, 2.45) is 13.0 Å². The van der Waals surface area contributed by atoms with Crippen molar-refractivity contribution in [2.45, 2.75) is 51.6 Å². The van der Waals surface area contributed by atoms with Crippen LogP contribution in [0.4, 0.5) is 5.95 Å². The molecule has 2 atom stereocenters. The minimum Gasteiger partial charge on any atom is -0.354 e. The molecular weight excluding hydrogens is 328 g/mol. The van der Waals surface area contributed by atoms with Crippen LogP contribution >= 0.6 is 0 Å². The molecule has 26 heavy (non-hydrogen) atoms. The molecule has 3 heterocycles. The van der Waals surface area contributed by atoms with E-state index in [-0.39, 0.29) is 11.9 Å². The average Bonchev–Trinajstić information content (AvgIpc) is 3.37. The molecule has 7 nitrogen and oxygen atoms in total. The fourth-order valence-corrected chi connectivity index (χ4v) is 3.81. The summed E-state index contributed by atoms with van der Waals surface area (Å²) in [6, 6.07) is 0.396. The first-order valence-electron chi connectivity index (χ1n) is 9.37. The third-order valence-corrected chi connectivity index (χ3v) is 5.57. The number of aromatic nitrogens is 4. The number of imidazole rings is 1. The Morgan fingerprint density at radius 3 is 2.69 bits per heavy atom. The molecule has 1 aliphatic carbocycles. The van der Waals surface area contributed by atoms with Crippen LogP contribution in [0.15, 0.2) is 18.6 Å². The number of likely N-dealkylation sites (tertiary alicyclic amines) is 1. The van der Waals surface area contributed by atoms with Crippen molar-refractivity contribution < 1.29 is 4.79 Å². The molecule has 0 unspecified atom stereocenters. The van der Waals surface area contributed by atoms with Crippen LogP contribution in [-0.4, -0.2) is 42.9 Å². The van der Waals surface area contributed by atoms with Gasteiger partial charge >= 0.3 is 0 Å². The van der Waals surface area contributed by atoms with Crippen molar-refractivity contribution >= 4 is 11.9 Å². The summed E-state index contributed by atoms with van der Waals surface area (Å²) in [5.74, 6) is 2.18. The molecule has 0 aromatic carbocycles. The highest BCUT2D eigenvalue weighted by atomic mass is 16.2. The van der Waals surface area contributed by atoms with Gasteiger partial charge in [-0.05, 0) is 38.7 Å². The van der Waals surface area contributed by atoms with Crippen LogP contribution in [0.25, 0.3) is 0 Å². The first-order chi connectivity index (χ1) is 12.5. The van der Waals surface area contributed by atoms with Gasteiger partial charge in [0.05, 0.1) is 6.04 Å². The monoisotopic (exact) mass is 354 g/mol. The van der Waals surface area contributed by atoms with Gasteiger partial charge in [-0.25, -0.2) is 15.0 Å². The molecule has 1 saturated carbocycles. The Kier molecular flexibility index (Phi) is 4.38. The summed E-state index contributed by atoms with van der Waals surface area (Å²) >= 11 is 0. The van der Waals surface area contributed by atoms with Crippen LogP contribution in [0.2, 0.25) is 0 Å². The molecule has 2 aliphatic rings. The molecule has 1 N–H and O–H groups in total. The van der Waals surface area contributed by atoms with Crippen molar-refractivity contribution in [3.05, 3.63) is 35.7 Å². The molecule has 1 amide bonds. The maximum absolute atomic E-state index is 12.6. The Hall–Kier alpha value is -2.44. The summed E-state index contributed by atoms with van der Waals surface area (Å²) in [5.41, 5.74) is 2.08. The largest absolute Gasteiger partial charge is 0.354 e. The van der Waals surface area contributed by atoms with Gasteiger partial charge in [-0.3, -0.25) is 4.79 Å². The summed E-state index contributed by atoms with van der Waals surface area (Å²) in [7, 11) is 2.00. The Labute approximate surface area is 153 Å². The molecular formula is C19H26N6O. The van der Waals surface area contributed by atoms with Crippen molar-refractivity contribution in [1.29, 1.82) is 0 Å². The number of aryl methyl sites for hydroxylation is 3. The Morgan fingerprint density at radius 2 is 2.04 bits per heavy atom. The van der Waals surface area contributed by atoms with Crippen LogP contribution in [0.5, 0.6) is 0 Å². The normalized spacial score (nSPS) is 23.3. The van der Waals surface area contributed by atoms with Gasteiger partial charge in [0, 0.05) is 56.3 Å². The molecule has 2 fully saturated rings. The topological polar surface area (TPSA) is 75.9 Å². The van der Waals surface area contributed by atoms with E-state index in [0.717, 1.165) is 42.9 Å². The first kappa shape index (κ1) is 17.0. The van der Waals surface area contributed by atoms with Crippen LogP contribution in [-0.2, 0) is 11.8 Å². The number of amides is 1. The smallest absolute Gasteiger partial charge is 0.223 e. The summed E-state index contributed by atoms with van der Waals surface area (Å²) in [4.78, 5) is 28.2. The molecule has 138 valence electrons. The van der Waals surface area contributed by atoms with Gasteiger partial charge in [0.25, 0.3) is 0 Å². The second-order valence-electron chi connectivity index (χ2n) is 7.52. The Bertz CT molecular complexity index is 812. The third-order valence-electron chi connectivity index (χ3n) is 5.57. The van der Waals surface area contributed by atoms with Crippen molar-refractivity contribution in [2.75, 3.05) is 11.9 Å². The maximum atomic E-state index is 12.6. The number of nitrogens with one attached hydrogen (secondary N) is 1. The molecule has 1 aliphatic heterocycles. The van der Waals surface area contributed by atoms with Crippen LogP contribution in [0.3, 0.4) is 0 Å². The SMILES string of the molecule is Cc1cnc(NC[C@H]2CCC(=O)N(C3CC3)[C@@H]2c2nccn2C)nc1C. The highest BCUT2D eigenvalue weighted by molar-refractivity contribution is 5.78. The lowest BCUT2D eigenvalue weighted by atomic mass is 9.87. The van der Waals surface area contributed by atoms with Gasteiger partial charge in [0.1, 0.15) is 5.82 Å². The zero-order chi connectivity index (χ0) is 18.3. The number of carbonyl (C=O) groups is 1. The fraction of sp³-hybridized carbons (Fsp3) is 0.579. The van der Waals surface area contributed by atoms with E-state index in [0.29, 0.717) is 24.3 Å². The van der Waals surface area contributed by atoms with E-state index >= 15 is 0 Å². The first-order valence-corrected chi connectivity index (χ1v) is 9.37. The third kappa shape index (κ3) is 3.18. The van der Waals surface area contributed by atoms with E-state index in [1.54, 1.807) is 0 Å². The number of piperidine rings is 1. The quantitative estimate of drug-likeness (QED) is 0.892. The Balaban J connectivity index is 1.57. The number of nitrogens with zero attached hydrogens (tertiary/aromatic N) is 5. The second-order valence-corrected chi connectivity index (χ2v) is 7.52. The molecule has 0 bridgehead atoms. The molecule has 1 saturated heterocycles. The number of rotatable bonds is 5. The summed E-state index contributed by atoms with van der Waals surface area (Å²) < 4.78 is 2.04. The van der Waals surface area contributed by atoms with Crippen LogP contribution in [0, 0.1) is 19.8 Å². The second kappa shape index (κ2) is 6.70. The van der Waals surface area contributed by atoms with E-state index in [2.05, 4.69) is 25.2 Å². The lowest BCUT2D eigenvalue weighted by Gasteiger charge is -2.41. The molecule has 2 aromatic heterocycles. The highest BCUT2D eigenvalue weighted by Crippen LogP contribution is 2.42. The predicted octanol–water partition coefficient (Wildman–Crippen LogP) is 2.38. The fourth-order valence-electron chi connectivity index (χ4n) is 3.81. The molecule has 0 spiro atoms. The summed E-state index contributed by atoms with van der Waals surface area (Å²) in [6.45, 7) is 4.74. The van der Waals surface area contributed by atoms with E-state index in [1.807, 2.05) is 44.1 Å². The van der Waals surface area contributed by atoms with E-state index in [4.69, 9.17) is 0 Å². The van der Waals surface area contributed by atoms with Crippen molar-refractivity contribution in [3.8, 4) is 0 Å². The van der Waals surface area contributed by atoms with Gasteiger partial charge < -0.3 is 14.8 Å². The lowest BCUT2D eigenvalue weighted by Crippen LogP contribution is -2.47. The van der Waals surface area contributed by atoms with Gasteiger partial charge in [0.2, 0.25) is 11.9 Å². The van der Waals surface area contributed by atoms with Crippen LogP contribution in [0.1, 0.15) is 48.8 Å². The maximum Gasteiger partial charge on any atom is 0.223 e. The molecule has 2 aromatic rings. The molecule has 0 radical (unpaired) electrons. The average molecular weight is 354 g/mol. The number of hydrogen-bond acceptors (Lipinski definition) is 5. The number of hydrogen-bond donors (Lipinski definition) is 1. The molecule has 4 rings (SSSR count). The summed E-state index contributed by atoms with van der Waals surface area (Å²) in [5, 5.41) is 3.39. The van der Waals surface area contributed by atoms with Crippen molar-refractivity contribution in [1.82, 2.24) is 24.4 Å². The van der Waals surface area contributed by atoms with Gasteiger partial charge in [-0.1, -0.05) is 0 Å². The lowest BCUT2D eigenvalue weighted by molar-refractivity contribution is -0.140. The van der Waals surface area contributed by atoms with E-state index < -0.39 is 0 Å². The Morgan fingerprint density at radius 1 is 1.23 bits per heavy atom. The zero-order valence-corrected chi connectivity index (χ0v) is 15.6. The molecule has 7 heteroatoms. The van der Waals surface area contributed by atoms with Crippen LogP contribution < -0.4 is 5.32 Å². The minimum atomic E-state index is 0.0165. The standard InChI is InChI=1S/C19H26N6O/c1-12-10-21-19(23-13(12)2)22-11-14-4-7-16(26)25(15-5-6-15)17(14)18-20-8-9-24(18)3/h8-10,14-15,17H,4-7,11H2,1-3H3,(H,21,22,23)/t14-,17+/m1/s1. The number of carbonyl (C=O) groups excluding carboxylic acids is 1.